The first kappa shape index (κ1) is 14.5. The molecule has 2 fully saturated rings. The Labute approximate surface area is 123 Å². The highest BCUT2D eigenvalue weighted by Gasteiger charge is 2.59. The topological polar surface area (TPSA) is 76.1 Å². The highest BCUT2D eigenvalue weighted by atomic mass is 16.6. The molecular weight excluding hydrogens is 274 g/mol. The van der Waals surface area contributed by atoms with Crippen LogP contribution in [0.15, 0.2) is 11.6 Å². The summed E-state index contributed by atoms with van der Waals surface area (Å²) in [5.41, 5.74) is -0.356. The maximum Gasteiger partial charge on any atom is 0.334 e. The molecule has 6 nitrogen and oxygen atoms in total. The van der Waals surface area contributed by atoms with Crippen LogP contribution in [0.5, 0.6) is 0 Å². The lowest BCUT2D eigenvalue weighted by Gasteiger charge is -2.40. The van der Waals surface area contributed by atoms with Crippen molar-refractivity contribution < 1.29 is 24.2 Å². The Bertz CT molecular complexity index is 502. The van der Waals surface area contributed by atoms with Gasteiger partial charge < -0.3 is 19.5 Å². The largest absolute Gasteiger partial charge is 0.446 e. The first-order valence-electron chi connectivity index (χ1n) is 7.41. The quantitative estimate of drug-likeness (QED) is 0.746. The minimum absolute atomic E-state index is 0.00415. The monoisotopic (exact) mass is 295 g/mol. The third-order valence-electron chi connectivity index (χ3n) is 4.96. The van der Waals surface area contributed by atoms with Gasteiger partial charge in [-0.05, 0) is 32.3 Å². The lowest BCUT2D eigenvalue weighted by Crippen LogP contribution is -2.57. The van der Waals surface area contributed by atoms with Crippen LogP contribution >= 0.6 is 0 Å². The highest BCUT2D eigenvalue weighted by molar-refractivity contribution is 5.91. The van der Waals surface area contributed by atoms with Gasteiger partial charge >= 0.3 is 5.97 Å². The minimum Gasteiger partial charge on any atom is -0.446 e. The molecule has 3 heterocycles. The van der Waals surface area contributed by atoms with E-state index in [1.165, 1.54) is 0 Å². The van der Waals surface area contributed by atoms with Crippen molar-refractivity contribution >= 4 is 11.9 Å². The molecule has 3 aliphatic rings. The van der Waals surface area contributed by atoms with Crippen LogP contribution in [0.1, 0.15) is 32.6 Å². The second-order valence-corrected chi connectivity index (χ2v) is 6.06. The summed E-state index contributed by atoms with van der Waals surface area (Å²) in [5.74, 6) is -0.344. The van der Waals surface area contributed by atoms with Crippen LogP contribution in [0.2, 0.25) is 0 Å². The number of esters is 1. The van der Waals surface area contributed by atoms with Gasteiger partial charge in [0.15, 0.2) is 5.60 Å². The van der Waals surface area contributed by atoms with Crippen molar-refractivity contribution in [3.05, 3.63) is 11.6 Å². The van der Waals surface area contributed by atoms with Crippen LogP contribution in [-0.2, 0) is 19.1 Å². The van der Waals surface area contributed by atoms with Gasteiger partial charge in [0.25, 0.3) is 0 Å². The van der Waals surface area contributed by atoms with Gasteiger partial charge in [-0.25, -0.2) is 4.79 Å². The third-order valence-corrected chi connectivity index (χ3v) is 4.96. The standard InChI is InChI=1S/C15H21NO5/c1-9-7-15(21-14(9)19)11-4-3-10(8-17)16(11)13(18)6-5-12(15)20-2/h7,10-12,17H,3-6,8H2,1-2H3/t10-,11-,12+,15-/m0/s1. The number of nitrogens with zero attached hydrogens (tertiary/aromatic N) is 1. The average Bonchev–Trinajstić information content (AvgIpc) is 2.99. The molecule has 21 heavy (non-hydrogen) atoms. The molecule has 0 saturated carbocycles. The SMILES string of the molecule is CO[C@@H]1CCC(=O)N2[C@H](CO)CC[C@H]2[C@@]12C=C(C)C(=O)O2. The van der Waals surface area contributed by atoms with E-state index in [4.69, 9.17) is 9.47 Å². The van der Waals surface area contributed by atoms with Gasteiger partial charge in [-0.2, -0.15) is 0 Å². The maximum absolute atomic E-state index is 12.4. The number of carbonyl (C=O) groups is 2. The normalized spacial score (nSPS) is 39.3. The number of rotatable bonds is 2. The molecule has 1 amide bonds. The molecule has 116 valence electrons. The van der Waals surface area contributed by atoms with E-state index >= 15 is 0 Å². The van der Waals surface area contributed by atoms with Crippen molar-refractivity contribution in [1.29, 1.82) is 0 Å². The van der Waals surface area contributed by atoms with Crippen molar-refractivity contribution in [3.8, 4) is 0 Å². The molecule has 4 atom stereocenters. The van der Waals surface area contributed by atoms with Gasteiger partial charge in [0.1, 0.15) is 6.10 Å². The molecule has 0 aromatic carbocycles. The summed E-state index contributed by atoms with van der Waals surface area (Å²) in [4.78, 5) is 26.1. The van der Waals surface area contributed by atoms with Gasteiger partial charge in [0.2, 0.25) is 5.91 Å². The molecule has 2 saturated heterocycles. The number of ether oxygens (including phenoxy) is 2. The van der Waals surface area contributed by atoms with E-state index in [0.29, 0.717) is 24.8 Å². The first-order chi connectivity index (χ1) is 10.0. The number of methoxy groups -OCH3 is 1. The van der Waals surface area contributed by atoms with Crippen LogP contribution in [0.25, 0.3) is 0 Å². The Morgan fingerprint density at radius 1 is 1.43 bits per heavy atom. The molecule has 0 aromatic heterocycles. The summed E-state index contributed by atoms with van der Waals surface area (Å²) < 4.78 is 11.3. The number of fused-ring (bicyclic) bond motifs is 2. The van der Waals surface area contributed by atoms with E-state index in [1.54, 1.807) is 18.9 Å². The fourth-order valence-corrected chi connectivity index (χ4v) is 4.00. The lowest BCUT2D eigenvalue weighted by atomic mass is 9.85. The van der Waals surface area contributed by atoms with Crippen molar-refractivity contribution in [2.75, 3.05) is 13.7 Å². The van der Waals surface area contributed by atoms with Crippen LogP contribution in [0, 0.1) is 0 Å². The summed E-state index contributed by atoms with van der Waals surface area (Å²) >= 11 is 0. The average molecular weight is 295 g/mol. The number of carbonyl (C=O) groups excluding carboxylic acids is 2. The second kappa shape index (κ2) is 5.10. The first-order valence-corrected chi connectivity index (χ1v) is 7.41. The van der Waals surface area contributed by atoms with E-state index in [2.05, 4.69) is 0 Å². The van der Waals surface area contributed by atoms with E-state index in [9.17, 15) is 14.7 Å². The molecule has 3 aliphatic heterocycles. The highest BCUT2D eigenvalue weighted by Crippen LogP contribution is 2.44. The molecule has 0 aromatic rings. The zero-order valence-corrected chi connectivity index (χ0v) is 12.4. The Hall–Kier alpha value is -1.40. The van der Waals surface area contributed by atoms with Crippen LogP contribution in [0.4, 0.5) is 0 Å². The zero-order valence-electron chi connectivity index (χ0n) is 12.4. The summed E-state index contributed by atoms with van der Waals surface area (Å²) in [6.07, 6.45) is 3.76. The van der Waals surface area contributed by atoms with E-state index in [1.807, 2.05) is 6.08 Å². The number of hydrogen-bond donors (Lipinski definition) is 1. The van der Waals surface area contributed by atoms with Gasteiger partial charge in [-0.3, -0.25) is 4.79 Å². The van der Waals surface area contributed by atoms with Crippen LogP contribution in [-0.4, -0.2) is 59.4 Å². The van der Waals surface area contributed by atoms with Gasteiger partial charge in [0.05, 0.1) is 18.7 Å². The smallest absolute Gasteiger partial charge is 0.334 e. The number of hydrogen-bond acceptors (Lipinski definition) is 5. The van der Waals surface area contributed by atoms with Crippen molar-refractivity contribution in [3.63, 3.8) is 0 Å². The zero-order chi connectivity index (χ0) is 15.2. The summed E-state index contributed by atoms with van der Waals surface area (Å²) in [5, 5.41) is 9.52. The van der Waals surface area contributed by atoms with E-state index in [0.717, 1.165) is 6.42 Å². The molecule has 1 spiro atoms. The van der Waals surface area contributed by atoms with Gasteiger partial charge in [-0.15, -0.1) is 0 Å². The molecule has 0 unspecified atom stereocenters. The van der Waals surface area contributed by atoms with Crippen molar-refractivity contribution in [1.82, 2.24) is 4.90 Å². The summed E-state index contributed by atoms with van der Waals surface area (Å²) in [6, 6.07) is -0.445. The molecule has 6 heteroatoms. The molecule has 0 aliphatic carbocycles. The number of aliphatic hydroxyl groups excluding tert-OH is 1. The molecular formula is C15H21NO5. The summed E-state index contributed by atoms with van der Waals surface area (Å²) in [7, 11) is 1.58. The van der Waals surface area contributed by atoms with Crippen LogP contribution < -0.4 is 0 Å². The molecule has 1 N–H and O–H groups in total. The van der Waals surface area contributed by atoms with Crippen molar-refractivity contribution in [2.24, 2.45) is 0 Å². The fraction of sp³-hybridized carbons (Fsp3) is 0.733. The number of aliphatic hydroxyl groups is 1. The third kappa shape index (κ3) is 2.00. The lowest BCUT2D eigenvalue weighted by molar-refractivity contribution is -0.167. The molecule has 3 rings (SSSR count). The number of amides is 1. The van der Waals surface area contributed by atoms with Gasteiger partial charge in [-0.1, -0.05) is 0 Å². The second-order valence-electron chi connectivity index (χ2n) is 6.06. The van der Waals surface area contributed by atoms with Crippen LogP contribution in [0.3, 0.4) is 0 Å². The Kier molecular flexibility index (Phi) is 3.53. The van der Waals surface area contributed by atoms with E-state index < -0.39 is 5.60 Å². The Morgan fingerprint density at radius 3 is 2.76 bits per heavy atom. The molecule has 0 radical (unpaired) electrons. The van der Waals surface area contributed by atoms with Crippen molar-refractivity contribution in [2.45, 2.75) is 56.4 Å². The molecule has 0 bridgehead atoms. The fourth-order valence-electron chi connectivity index (χ4n) is 4.00. The maximum atomic E-state index is 12.4. The minimum atomic E-state index is -0.911. The summed E-state index contributed by atoms with van der Waals surface area (Å²) in [6.45, 7) is 1.66. The predicted octanol–water partition coefficient (Wildman–Crippen LogP) is 0.389. The van der Waals surface area contributed by atoms with Gasteiger partial charge in [0, 0.05) is 19.1 Å². The van der Waals surface area contributed by atoms with E-state index in [-0.39, 0.29) is 36.7 Å². The predicted molar refractivity (Wildman–Crippen MR) is 73.4 cm³/mol. The Balaban J connectivity index is 2.06. The Morgan fingerprint density at radius 2 is 2.19 bits per heavy atom.